The standard InChI is InChI=1S/C77H149NO3/c1-3-5-7-9-11-13-15-17-19-21-23-25-27-29-31-33-35-37-38-39-40-41-43-45-47-49-51-53-55-57-59-61-63-65-67-69-71-73-77(81)78-75(74-79)76(80)72-70-68-66-64-62-60-58-56-54-52-50-48-46-44-42-36-34-32-30-28-26-24-22-20-18-16-14-12-10-8-6-4-2/h15,17,21,23,27,29,75-76,79-80H,3-14,16,18-20,22,24-26,28,30-74H2,1-2H3,(H,78,81)/b17-15-,23-21-,29-27-. The zero-order valence-electron chi connectivity index (χ0n) is 55.6. The van der Waals surface area contributed by atoms with E-state index in [4.69, 9.17) is 0 Å². The molecule has 1 amide bonds. The van der Waals surface area contributed by atoms with E-state index in [2.05, 4.69) is 55.6 Å². The molecule has 0 aromatic rings. The van der Waals surface area contributed by atoms with Crippen LogP contribution < -0.4 is 5.32 Å². The molecule has 0 aliphatic rings. The molecule has 4 heteroatoms. The fraction of sp³-hybridized carbons (Fsp3) is 0.909. The number of hydrogen-bond acceptors (Lipinski definition) is 3. The number of rotatable bonds is 71. The Morgan fingerprint density at radius 3 is 0.753 bits per heavy atom. The van der Waals surface area contributed by atoms with E-state index in [-0.39, 0.29) is 12.5 Å². The Morgan fingerprint density at radius 1 is 0.296 bits per heavy atom. The molecule has 0 heterocycles. The Bertz CT molecular complexity index is 1240. The lowest BCUT2D eigenvalue weighted by atomic mass is 10.0. The predicted molar refractivity (Wildman–Crippen MR) is 364 cm³/mol. The van der Waals surface area contributed by atoms with Crippen LogP contribution in [0.3, 0.4) is 0 Å². The number of amides is 1. The number of aliphatic hydroxyl groups is 2. The molecular weight excluding hydrogens is 987 g/mol. The highest BCUT2D eigenvalue weighted by molar-refractivity contribution is 5.76. The van der Waals surface area contributed by atoms with Crippen LogP contribution in [0, 0.1) is 0 Å². The van der Waals surface area contributed by atoms with Gasteiger partial charge in [0.25, 0.3) is 0 Å². The van der Waals surface area contributed by atoms with Crippen molar-refractivity contribution in [2.75, 3.05) is 6.61 Å². The lowest BCUT2D eigenvalue weighted by Crippen LogP contribution is -2.45. The average molecular weight is 1140 g/mol. The second kappa shape index (κ2) is 72.9. The third kappa shape index (κ3) is 69.3. The summed E-state index contributed by atoms with van der Waals surface area (Å²) >= 11 is 0. The van der Waals surface area contributed by atoms with E-state index in [1.54, 1.807) is 0 Å². The summed E-state index contributed by atoms with van der Waals surface area (Å²) in [5.41, 5.74) is 0. The topological polar surface area (TPSA) is 69.6 Å². The van der Waals surface area contributed by atoms with Crippen molar-refractivity contribution in [2.45, 2.75) is 443 Å². The first-order valence-corrected chi connectivity index (χ1v) is 37.7. The van der Waals surface area contributed by atoms with Gasteiger partial charge in [0.2, 0.25) is 5.91 Å². The minimum Gasteiger partial charge on any atom is -0.394 e. The van der Waals surface area contributed by atoms with Gasteiger partial charge in [-0.3, -0.25) is 4.79 Å². The minimum absolute atomic E-state index is 0.0216. The molecule has 81 heavy (non-hydrogen) atoms. The second-order valence-corrected chi connectivity index (χ2v) is 26.1. The Balaban J connectivity index is 3.37. The van der Waals surface area contributed by atoms with Crippen molar-refractivity contribution in [1.29, 1.82) is 0 Å². The van der Waals surface area contributed by atoms with Gasteiger partial charge in [0, 0.05) is 6.42 Å². The van der Waals surface area contributed by atoms with E-state index in [0.29, 0.717) is 12.8 Å². The van der Waals surface area contributed by atoms with Crippen molar-refractivity contribution >= 4 is 5.91 Å². The molecule has 0 saturated carbocycles. The lowest BCUT2D eigenvalue weighted by molar-refractivity contribution is -0.123. The summed E-state index contributed by atoms with van der Waals surface area (Å²) < 4.78 is 0. The van der Waals surface area contributed by atoms with Crippen molar-refractivity contribution in [3.63, 3.8) is 0 Å². The predicted octanol–water partition coefficient (Wildman–Crippen LogP) is 25.9. The summed E-state index contributed by atoms with van der Waals surface area (Å²) in [6.45, 7) is 4.40. The molecule has 0 radical (unpaired) electrons. The summed E-state index contributed by atoms with van der Waals surface area (Å²) in [5, 5.41) is 23.5. The highest BCUT2D eigenvalue weighted by Gasteiger charge is 2.20. The van der Waals surface area contributed by atoms with Crippen LogP contribution in [0.25, 0.3) is 0 Å². The maximum absolute atomic E-state index is 12.6. The molecule has 0 fully saturated rings. The van der Waals surface area contributed by atoms with Crippen LogP contribution in [0.1, 0.15) is 431 Å². The SMILES string of the molecule is CCCCCCC/C=C\C/C=C\C/C=C\CCCCCCCCCCCCCCCCCCCCCCCCC(=O)NC(CO)C(O)CCCCCCCCCCCCCCCCCCCCCCCCCCCCCCCCCC. The van der Waals surface area contributed by atoms with Gasteiger partial charge in [0.05, 0.1) is 18.8 Å². The Labute approximate surface area is 510 Å². The van der Waals surface area contributed by atoms with Crippen LogP contribution in [-0.2, 0) is 4.79 Å². The molecule has 2 atom stereocenters. The van der Waals surface area contributed by atoms with Crippen LogP contribution in [0.5, 0.6) is 0 Å². The van der Waals surface area contributed by atoms with Crippen LogP contribution in [0.15, 0.2) is 36.5 Å². The Morgan fingerprint density at radius 2 is 0.506 bits per heavy atom. The van der Waals surface area contributed by atoms with E-state index >= 15 is 0 Å². The third-order valence-corrected chi connectivity index (χ3v) is 17.9. The number of allylic oxidation sites excluding steroid dienone is 6. The highest BCUT2D eigenvalue weighted by atomic mass is 16.3. The summed E-state index contributed by atoms with van der Waals surface area (Å²) in [6.07, 6.45) is 101. The third-order valence-electron chi connectivity index (χ3n) is 17.9. The van der Waals surface area contributed by atoms with E-state index in [1.165, 1.54) is 366 Å². The van der Waals surface area contributed by atoms with Crippen molar-refractivity contribution in [2.24, 2.45) is 0 Å². The summed E-state index contributed by atoms with van der Waals surface area (Å²) in [6, 6.07) is -0.537. The molecule has 0 aliphatic heterocycles. The molecule has 0 rings (SSSR count). The monoisotopic (exact) mass is 1140 g/mol. The molecule has 0 bridgehead atoms. The van der Waals surface area contributed by atoms with Crippen LogP contribution in [0.4, 0.5) is 0 Å². The van der Waals surface area contributed by atoms with E-state index < -0.39 is 12.1 Å². The zero-order chi connectivity index (χ0) is 58.4. The van der Waals surface area contributed by atoms with Crippen molar-refractivity contribution in [1.82, 2.24) is 5.32 Å². The van der Waals surface area contributed by atoms with Gasteiger partial charge in [-0.15, -0.1) is 0 Å². The van der Waals surface area contributed by atoms with Gasteiger partial charge in [-0.05, 0) is 51.4 Å². The molecule has 480 valence electrons. The van der Waals surface area contributed by atoms with E-state index in [0.717, 1.165) is 38.5 Å². The number of unbranched alkanes of at least 4 members (excludes halogenated alkanes) is 58. The minimum atomic E-state index is -0.660. The van der Waals surface area contributed by atoms with E-state index in [1.807, 2.05) is 0 Å². The summed E-state index contributed by atoms with van der Waals surface area (Å²) in [4.78, 5) is 12.6. The molecule has 0 saturated heterocycles. The molecule has 0 aromatic carbocycles. The largest absolute Gasteiger partial charge is 0.394 e. The van der Waals surface area contributed by atoms with Crippen LogP contribution in [-0.4, -0.2) is 34.9 Å². The summed E-state index contributed by atoms with van der Waals surface area (Å²) in [7, 11) is 0. The highest BCUT2D eigenvalue weighted by Crippen LogP contribution is 2.20. The van der Waals surface area contributed by atoms with Crippen molar-refractivity contribution in [3.8, 4) is 0 Å². The van der Waals surface area contributed by atoms with Gasteiger partial charge in [0.15, 0.2) is 0 Å². The van der Waals surface area contributed by atoms with Crippen molar-refractivity contribution < 1.29 is 15.0 Å². The number of hydrogen-bond donors (Lipinski definition) is 3. The van der Waals surface area contributed by atoms with Crippen LogP contribution >= 0.6 is 0 Å². The lowest BCUT2D eigenvalue weighted by Gasteiger charge is -2.22. The molecule has 0 aromatic heterocycles. The molecule has 0 aliphatic carbocycles. The Kier molecular flexibility index (Phi) is 71.6. The molecule has 0 spiro atoms. The summed E-state index contributed by atoms with van der Waals surface area (Å²) in [5.74, 6) is -0.0216. The van der Waals surface area contributed by atoms with Crippen LogP contribution in [0.2, 0.25) is 0 Å². The molecule has 2 unspecified atom stereocenters. The number of nitrogens with one attached hydrogen (secondary N) is 1. The number of carbonyl (C=O) groups excluding carboxylic acids is 1. The maximum atomic E-state index is 12.6. The van der Waals surface area contributed by atoms with Crippen molar-refractivity contribution in [3.05, 3.63) is 36.5 Å². The molecular formula is C77H149NO3. The fourth-order valence-corrected chi connectivity index (χ4v) is 12.2. The molecule has 4 nitrogen and oxygen atoms in total. The quantitative estimate of drug-likeness (QED) is 0.0420. The smallest absolute Gasteiger partial charge is 0.220 e. The van der Waals surface area contributed by atoms with Gasteiger partial charge < -0.3 is 15.5 Å². The Hall–Kier alpha value is -1.39. The van der Waals surface area contributed by atoms with E-state index in [9.17, 15) is 15.0 Å². The van der Waals surface area contributed by atoms with Gasteiger partial charge in [-0.1, -0.05) is 410 Å². The van der Waals surface area contributed by atoms with Gasteiger partial charge in [-0.25, -0.2) is 0 Å². The fourth-order valence-electron chi connectivity index (χ4n) is 12.2. The number of aliphatic hydroxyl groups excluding tert-OH is 2. The van der Waals surface area contributed by atoms with Gasteiger partial charge in [-0.2, -0.15) is 0 Å². The molecule has 3 N–H and O–H groups in total. The van der Waals surface area contributed by atoms with Gasteiger partial charge in [0.1, 0.15) is 0 Å². The second-order valence-electron chi connectivity index (χ2n) is 26.1. The average Bonchev–Trinajstić information content (AvgIpc) is 3.47. The first kappa shape index (κ1) is 79.6. The number of carbonyl (C=O) groups is 1. The maximum Gasteiger partial charge on any atom is 0.220 e. The first-order chi connectivity index (χ1) is 40.2. The zero-order valence-corrected chi connectivity index (χ0v) is 55.6. The van der Waals surface area contributed by atoms with Gasteiger partial charge >= 0.3 is 0 Å². The first-order valence-electron chi connectivity index (χ1n) is 37.7. The normalized spacial score (nSPS) is 12.8.